The van der Waals surface area contributed by atoms with E-state index in [9.17, 15) is 0 Å². The second kappa shape index (κ2) is 5.53. The molecule has 0 N–H and O–H groups in total. The maximum absolute atomic E-state index is 4.54. The first kappa shape index (κ1) is 13.6. The van der Waals surface area contributed by atoms with Crippen molar-refractivity contribution < 1.29 is 0 Å². The molecule has 0 saturated carbocycles. The molecule has 0 atom stereocenters. The van der Waals surface area contributed by atoms with Crippen molar-refractivity contribution in [3.8, 4) is 22.4 Å². The predicted octanol–water partition coefficient (Wildman–Crippen LogP) is 5.34. The number of hydrogen-bond acceptors (Lipinski definition) is 1. The standard InChI is InChI=1S/C20H19N/c1-14-11-15(2)13-17(12-14)18-8-6-7-16(3)20(18)19-9-4-5-10-21-19/h4-13H,1-3H3. The lowest BCUT2D eigenvalue weighted by molar-refractivity contribution is 1.30. The third-order valence-corrected chi connectivity index (χ3v) is 3.73. The summed E-state index contributed by atoms with van der Waals surface area (Å²) in [7, 11) is 0. The summed E-state index contributed by atoms with van der Waals surface area (Å²) in [6.07, 6.45) is 1.85. The molecule has 21 heavy (non-hydrogen) atoms. The zero-order valence-electron chi connectivity index (χ0n) is 12.7. The summed E-state index contributed by atoms with van der Waals surface area (Å²) >= 11 is 0. The Balaban J connectivity index is 2.26. The molecule has 3 rings (SSSR count). The summed E-state index contributed by atoms with van der Waals surface area (Å²) in [4.78, 5) is 4.54. The lowest BCUT2D eigenvalue weighted by Gasteiger charge is -2.13. The molecule has 0 fully saturated rings. The first-order valence-electron chi connectivity index (χ1n) is 7.25. The molecule has 0 saturated heterocycles. The highest BCUT2D eigenvalue weighted by Gasteiger charge is 2.11. The van der Waals surface area contributed by atoms with Crippen LogP contribution in [-0.4, -0.2) is 4.98 Å². The summed E-state index contributed by atoms with van der Waals surface area (Å²) in [6, 6.07) is 19.2. The molecular formula is C20H19N. The van der Waals surface area contributed by atoms with Crippen molar-refractivity contribution in [1.29, 1.82) is 0 Å². The Kier molecular flexibility index (Phi) is 3.57. The molecule has 1 aromatic heterocycles. The van der Waals surface area contributed by atoms with Gasteiger partial charge < -0.3 is 0 Å². The average Bonchev–Trinajstić information content (AvgIpc) is 2.47. The molecule has 2 aromatic carbocycles. The number of benzene rings is 2. The molecule has 1 heteroatoms. The fourth-order valence-corrected chi connectivity index (χ4v) is 2.89. The van der Waals surface area contributed by atoms with Crippen LogP contribution in [0.3, 0.4) is 0 Å². The maximum atomic E-state index is 4.54. The quantitative estimate of drug-likeness (QED) is 0.614. The van der Waals surface area contributed by atoms with Crippen molar-refractivity contribution in [3.63, 3.8) is 0 Å². The van der Waals surface area contributed by atoms with E-state index in [0.717, 1.165) is 5.69 Å². The molecule has 0 bridgehead atoms. The Morgan fingerprint density at radius 3 is 2.19 bits per heavy atom. The summed E-state index contributed by atoms with van der Waals surface area (Å²) in [5.74, 6) is 0. The first-order valence-corrected chi connectivity index (χ1v) is 7.25. The molecule has 104 valence electrons. The van der Waals surface area contributed by atoms with Crippen molar-refractivity contribution in [3.05, 3.63) is 77.5 Å². The highest BCUT2D eigenvalue weighted by Crippen LogP contribution is 2.34. The largest absolute Gasteiger partial charge is 0.256 e. The Hall–Kier alpha value is -2.41. The van der Waals surface area contributed by atoms with Crippen LogP contribution in [0, 0.1) is 20.8 Å². The van der Waals surface area contributed by atoms with Crippen LogP contribution in [-0.2, 0) is 0 Å². The maximum Gasteiger partial charge on any atom is 0.0710 e. The van der Waals surface area contributed by atoms with Gasteiger partial charge in [0.1, 0.15) is 0 Å². The van der Waals surface area contributed by atoms with E-state index in [0.29, 0.717) is 0 Å². The fraction of sp³-hybridized carbons (Fsp3) is 0.150. The Labute approximate surface area is 126 Å². The van der Waals surface area contributed by atoms with Crippen LogP contribution in [0.1, 0.15) is 16.7 Å². The lowest BCUT2D eigenvalue weighted by Crippen LogP contribution is -1.92. The van der Waals surface area contributed by atoms with Crippen molar-refractivity contribution in [2.45, 2.75) is 20.8 Å². The van der Waals surface area contributed by atoms with E-state index in [1.807, 2.05) is 18.3 Å². The van der Waals surface area contributed by atoms with Crippen molar-refractivity contribution >= 4 is 0 Å². The van der Waals surface area contributed by atoms with Gasteiger partial charge in [0, 0.05) is 11.8 Å². The van der Waals surface area contributed by atoms with Gasteiger partial charge in [0.2, 0.25) is 0 Å². The summed E-state index contributed by atoms with van der Waals surface area (Å²) in [5.41, 5.74) is 8.60. The highest BCUT2D eigenvalue weighted by atomic mass is 14.7. The number of aromatic nitrogens is 1. The van der Waals surface area contributed by atoms with Crippen molar-refractivity contribution in [2.24, 2.45) is 0 Å². The van der Waals surface area contributed by atoms with Crippen molar-refractivity contribution in [1.82, 2.24) is 4.98 Å². The van der Waals surface area contributed by atoms with Gasteiger partial charge in [-0.3, -0.25) is 4.98 Å². The van der Waals surface area contributed by atoms with Gasteiger partial charge in [0.05, 0.1) is 5.69 Å². The molecule has 0 aliphatic heterocycles. The molecule has 0 unspecified atom stereocenters. The molecule has 1 heterocycles. The smallest absolute Gasteiger partial charge is 0.0710 e. The van der Waals surface area contributed by atoms with E-state index < -0.39 is 0 Å². The lowest BCUT2D eigenvalue weighted by atomic mass is 9.92. The van der Waals surface area contributed by atoms with E-state index in [2.05, 4.69) is 68.2 Å². The van der Waals surface area contributed by atoms with Crippen LogP contribution < -0.4 is 0 Å². The predicted molar refractivity (Wildman–Crippen MR) is 89.3 cm³/mol. The van der Waals surface area contributed by atoms with Gasteiger partial charge in [0.15, 0.2) is 0 Å². The Morgan fingerprint density at radius 1 is 0.762 bits per heavy atom. The summed E-state index contributed by atoms with van der Waals surface area (Å²) < 4.78 is 0. The summed E-state index contributed by atoms with van der Waals surface area (Å²) in [5, 5.41) is 0. The minimum atomic E-state index is 1.03. The Bertz CT molecular complexity index is 753. The van der Waals surface area contributed by atoms with Gasteiger partial charge in [-0.1, -0.05) is 53.6 Å². The molecule has 0 aliphatic rings. The molecule has 0 radical (unpaired) electrons. The van der Waals surface area contributed by atoms with Gasteiger partial charge >= 0.3 is 0 Å². The van der Waals surface area contributed by atoms with Crippen LogP contribution in [0.4, 0.5) is 0 Å². The van der Waals surface area contributed by atoms with E-state index >= 15 is 0 Å². The van der Waals surface area contributed by atoms with Gasteiger partial charge in [-0.2, -0.15) is 0 Å². The zero-order chi connectivity index (χ0) is 14.8. The highest BCUT2D eigenvalue weighted by molar-refractivity contribution is 5.84. The normalized spacial score (nSPS) is 10.6. The van der Waals surface area contributed by atoms with Gasteiger partial charge in [0.25, 0.3) is 0 Å². The first-order chi connectivity index (χ1) is 10.1. The molecule has 0 spiro atoms. The topological polar surface area (TPSA) is 12.9 Å². The molecule has 1 nitrogen and oxygen atoms in total. The molecular weight excluding hydrogens is 254 g/mol. The SMILES string of the molecule is Cc1cc(C)cc(-c2cccc(C)c2-c2ccccn2)c1. The fourth-order valence-electron chi connectivity index (χ4n) is 2.89. The summed E-state index contributed by atoms with van der Waals surface area (Å²) in [6.45, 7) is 6.44. The van der Waals surface area contributed by atoms with Gasteiger partial charge in [-0.05, 0) is 49.6 Å². The van der Waals surface area contributed by atoms with E-state index in [1.165, 1.54) is 33.4 Å². The van der Waals surface area contributed by atoms with E-state index in [1.54, 1.807) is 0 Å². The van der Waals surface area contributed by atoms with Gasteiger partial charge in [-0.25, -0.2) is 0 Å². The van der Waals surface area contributed by atoms with Crippen LogP contribution in [0.15, 0.2) is 60.8 Å². The van der Waals surface area contributed by atoms with Crippen LogP contribution in [0.5, 0.6) is 0 Å². The second-order valence-electron chi connectivity index (χ2n) is 5.59. The molecule has 3 aromatic rings. The number of nitrogens with zero attached hydrogens (tertiary/aromatic N) is 1. The monoisotopic (exact) mass is 273 g/mol. The number of aryl methyl sites for hydroxylation is 3. The molecule has 0 amide bonds. The van der Waals surface area contributed by atoms with Crippen molar-refractivity contribution in [2.75, 3.05) is 0 Å². The average molecular weight is 273 g/mol. The third-order valence-electron chi connectivity index (χ3n) is 3.73. The molecule has 0 aliphatic carbocycles. The zero-order valence-corrected chi connectivity index (χ0v) is 12.7. The van der Waals surface area contributed by atoms with Crippen LogP contribution >= 0.6 is 0 Å². The number of pyridine rings is 1. The second-order valence-corrected chi connectivity index (χ2v) is 5.59. The number of rotatable bonds is 2. The van der Waals surface area contributed by atoms with E-state index in [4.69, 9.17) is 0 Å². The Morgan fingerprint density at radius 2 is 1.52 bits per heavy atom. The van der Waals surface area contributed by atoms with E-state index in [-0.39, 0.29) is 0 Å². The van der Waals surface area contributed by atoms with Crippen LogP contribution in [0.2, 0.25) is 0 Å². The third kappa shape index (κ3) is 2.73. The van der Waals surface area contributed by atoms with Crippen LogP contribution in [0.25, 0.3) is 22.4 Å². The minimum Gasteiger partial charge on any atom is -0.256 e. The number of hydrogen-bond donors (Lipinski definition) is 0. The van der Waals surface area contributed by atoms with Gasteiger partial charge in [-0.15, -0.1) is 0 Å². The minimum absolute atomic E-state index is 1.03.